The fraction of sp³-hybridized carbons (Fsp3) is 0.810. The number of nitrogens with one attached hydrogen (secondary N) is 1. The Bertz CT molecular complexity index is 631. The molecular weight excluding hydrogens is 324 g/mol. The lowest BCUT2D eigenvalue weighted by Crippen LogP contribution is -2.47. The van der Waals surface area contributed by atoms with Crippen LogP contribution in [-0.4, -0.2) is 46.3 Å². The maximum atomic E-state index is 13.0. The highest BCUT2D eigenvalue weighted by Crippen LogP contribution is 2.40. The van der Waals surface area contributed by atoms with Crippen molar-refractivity contribution < 1.29 is 4.79 Å². The third kappa shape index (κ3) is 4.67. The first-order valence-corrected chi connectivity index (χ1v) is 10.3. The quantitative estimate of drug-likeness (QED) is 0.873. The van der Waals surface area contributed by atoms with Crippen LogP contribution in [0.5, 0.6) is 0 Å². The monoisotopic (exact) mass is 360 g/mol. The molecule has 1 N–H and O–H groups in total. The lowest BCUT2D eigenvalue weighted by atomic mass is 9.92. The zero-order chi connectivity index (χ0) is 19.1. The summed E-state index contributed by atoms with van der Waals surface area (Å²) in [6.07, 6.45) is 3.71. The summed E-state index contributed by atoms with van der Waals surface area (Å²) in [5.41, 5.74) is 1.59. The lowest BCUT2D eigenvalue weighted by Gasteiger charge is -2.36. The van der Waals surface area contributed by atoms with Gasteiger partial charge in [0.2, 0.25) is 0 Å². The maximum absolute atomic E-state index is 13.0. The van der Waals surface area contributed by atoms with Gasteiger partial charge in [0.15, 0.2) is 0 Å². The highest BCUT2D eigenvalue weighted by atomic mass is 16.2. The van der Waals surface area contributed by atoms with Crippen molar-refractivity contribution in [1.29, 1.82) is 0 Å². The number of rotatable bonds is 5. The van der Waals surface area contributed by atoms with E-state index in [1.807, 2.05) is 10.7 Å². The second kappa shape index (κ2) is 7.34. The fourth-order valence-electron chi connectivity index (χ4n) is 4.32. The Hall–Kier alpha value is -1.36. The molecule has 5 nitrogen and oxygen atoms in total. The highest BCUT2D eigenvalue weighted by molar-refractivity contribution is 5.93. The third-order valence-corrected chi connectivity index (χ3v) is 5.45. The summed E-state index contributed by atoms with van der Waals surface area (Å²) in [5, 5.41) is 7.97. The Kier molecular flexibility index (Phi) is 5.48. The van der Waals surface area contributed by atoms with Gasteiger partial charge in [0.1, 0.15) is 5.69 Å². The molecule has 0 radical (unpaired) electrons. The predicted molar refractivity (Wildman–Crippen MR) is 106 cm³/mol. The summed E-state index contributed by atoms with van der Waals surface area (Å²) in [6.45, 7) is 16.3. The molecule has 1 aliphatic heterocycles. The van der Waals surface area contributed by atoms with Gasteiger partial charge in [-0.1, -0.05) is 13.8 Å². The zero-order valence-corrected chi connectivity index (χ0v) is 17.4. The summed E-state index contributed by atoms with van der Waals surface area (Å²) < 4.78 is 1.91. The van der Waals surface area contributed by atoms with Crippen LogP contribution in [0.2, 0.25) is 0 Å². The van der Waals surface area contributed by atoms with Gasteiger partial charge in [-0.15, -0.1) is 0 Å². The second-order valence-corrected chi connectivity index (χ2v) is 9.85. The van der Waals surface area contributed by atoms with Gasteiger partial charge in [0.25, 0.3) is 5.91 Å². The van der Waals surface area contributed by atoms with Gasteiger partial charge in [-0.25, -0.2) is 0 Å². The Labute approximate surface area is 158 Å². The van der Waals surface area contributed by atoms with Crippen molar-refractivity contribution in [2.24, 2.45) is 11.8 Å². The zero-order valence-electron chi connectivity index (χ0n) is 17.4. The van der Waals surface area contributed by atoms with Crippen molar-refractivity contribution in [3.63, 3.8) is 0 Å². The number of hydrogen-bond acceptors (Lipinski definition) is 3. The number of amides is 1. The van der Waals surface area contributed by atoms with E-state index in [-0.39, 0.29) is 17.5 Å². The van der Waals surface area contributed by atoms with Crippen molar-refractivity contribution >= 4 is 5.91 Å². The van der Waals surface area contributed by atoms with Crippen molar-refractivity contribution in [2.75, 3.05) is 19.6 Å². The topological polar surface area (TPSA) is 50.2 Å². The van der Waals surface area contributed by atoms with Crippen LogP contribution in [0.25, 0.3) is 0 Å². The van der Waals surface area contributed by atoms with Crippen molar-refractivity contribution in [3.05, 3.63) is 17.5 Å². The fourth-order valence-corrected chi connectivity index (χ4v) is 4.32. The molecule has 3 rings (SSSR count). The molecule has 1 amide bonds. The smallest absolute Gasteiger partial charge is 0.269 e. The Balaban J connectivity index is 1.65. The van der Waals surface area contributed by atoms with E-state index in [2.05, 4.69) is 51.8 Å². The van der Waals surface area contributed by atoms with Gasteiger partial charge in [-0.2, -0.15) is 5.10 Å². The summed E-state index contributed by atoms with van der Waals surface area (Å²) in [6, 6.07) is 2.14. The molecule has 5 heteroatoms. The second-order valence-electron chi connectivity index (χ2n) is 9.85. The van der Waals surface area contributed by atoms with Crippen LogP contribution in [-0.2, 0) is 5.54 Å². The molecule has 146 valence electrons. The number of piperidine rings is 1. The normalized spacial score (nSPS) is 25.9. The minimum atomic E-state index is -0.194. The van der Waals surface area contributed by atoms with Gasteiger partial charge >= 0.3 is 0 Å². The van der Waals surface area contributed by atoms with Crippen molar-refractivity contribution in [2.45, 2.75) is 78.3 Å². The first-order chi connectivity index (χ1) is 12.1. The molecule has 0 spiro atoms. The van der Waals surface area contributed by atoms with E-state index in [4.69, 9.17) is 5.10 Å². The molecule has 0 bridgehead atoms. The van der Waals surface area contributed by atoms with Gasteiger partial charge < -0.3 is 10.2 Å². The average molecular weight is 361 g/mol. The van der Waals surface area contributed by atoms with Gasteiger partial charge in [-0.05, 0) is 64.9 Å². The van der Waals surface area contributed by atoms with E-state index in [1.165, 1.54) is 19.3 Å². The van der Waals surface area contributed by atoms with E-state index in [9.17, 15) is 4.79 Å². The van der Waals surface area contributed by atoms with Crippen LogP contribution in [0.3, 0.4) is 0 Å². The molecular formula is C21H36N4O. The van der Waals surface area contributed by atoms with Gasteiger partial charge in [0.05, 0.1) is 11.2 Å². The molecule has 1 aromatic rings. The molecule has 1 saturated heterocycles. The largest absolute Gasteiger partial charge is 0.347 e. The van der Waals surface area contributed by atoms with Crippen molar-refractivity contribution in [1.82, 2.24) is 20.0 Å². The number of nitrogens with zero attached hydrogens (tertiary/aromatic N) is 3. The van der Waals surface area contributed by atoms with Gasteiger partial charge in [0, 0.05) is 31.6 Å². The molecule has 0 aromatic carbocycles. The number of carbonyl (C=O) groups excluding carboxylic acids is 1. The number of carbonyl (C=O) groups is 1. The molecule has 3 atom stereocenters. The van der Waals surface area contributed by atoms with E-state index < -0.39 is 0 Å². The molecule has 2 heterocycles. The lowest BCUT2D eigenvalue weighted by molar-refractivity contribution is 0.0887. The van der Waals surface area contributed by atoms with Crippen LogP contribution in [0.1, 0.15) is 82.9 Å². The molecule has 26 heavy (non-hydrogen) atoms. The van der Waals surface area contributed by atoms with E-state index in [0.29, 0.717) is 11.6 Å². The summed E-state index contributed by atoms with van der Waals surface area (Å²) >= 11 is 0. The highest BCUT2D eigenvalue weighted by Gasteiger charge is 2.32. The molecule has 1 aliphatic carbocycles. The summed E-state index contributed by atoms with van der Waals surface area (Å²) in [7, 11) is 0. The Morgan fingerprint density at radius 3 is 2.42 bits per heavy atom. The van der Waals surface area contributed by atoms with Crippen LogP contribution in [0.15, 0.2) is 6.07 Å². The average Bonchev–Trinajstić information content (AvgIpc) is 3.22. The predicted octanol–water partition coefficient (Wildman–Crippen LogP) is 3.61. The van der Waals surface area contributed by atoms with Crippen LogP contribution >= 0.6 is 0 Å². The van der Waals surface area contributed by atoms with E-state index >= 15 is 0 Å². The number of hydrogen-bond donors (Lipinski definition) is 1. The molecule has 2 aliphatic rings. The van der Waals surface area contributed by atoms with E-state index in [1.54, 1.807) is 0 Å². The van der Waals surface area contributed by atoms with Crippen LogP contribution in [0.4, 0.5) is 0 Å². The van der Waals surface area contributed by atoms with Gasteiger partial charge in [-0.3, -0.25) is 9.48 Å². The van der Waals surface area contributed by atoms with Crippen molar-refractivity contribution in [3.8, 4) is 0 Å². The number of likely N-dealkylation sites (tertiary alicyclic amines) is 1. The first-order valence-electron chi connectivity index (χ1n) is 10.3. The Morgan fingerprint density at radius 1 is 1.27 bits per heavy atom. The molecule has 1 saturated carbocycles. The minimum absolute atomic E-state index is 0.00457. The number of aromatic nitrogens is 2. The summed E-state index contributed by atoms with van der Waals surface area (Å²) in [5.74, 6) is 2.04. The van der Waals surface area contributed by atoms with Crippen LogP contribution < -0.4 is 5.32 Å². The SMILES string of the molecule is CC1CC(C)CN(CC(C)NC(=O)c2cc(C3CC3)nn2C(C)(C)C)C1. The first kappa shape index (κ1) is 19.4. The maximum Gasteiger partial charge on any atom is 0.269 e. The van der Waals surface area contributed by atoms with Crippen LogP contribution in [0, 0.1) is 11.8 Å². The summed E-state index contributed by atoms with van der Waals surface area (Å²) in [4.78, 5) is 15.5. The minimum Gasteiger partial charge on any atom is -0.347 e. The standard InChI is InChI=1S/C21H36N4O/c1-14-9-15(2)12-24(11-14)13-16(3)22-20(26)19-10-18(17-7-8-17)23-25(19)21(4,5)6/h10,14-17H,7-9,11-13H2,1-6H3,(H,22,26). The molecule has 1 aromatic heterocycles. The molecule has 2 fully saturated rings. The molecule has 3 unspecified atom stereocenters. The third-order valence-electron chi connectivity index (χ3n) is 5.45. The Morgan fingerprint density at radius 2 is 1.88 bits per heavy atom. The van der Waals surface area contributed by atoms with E-state index in [0.717, 1.165) is 37.2 Å².